The van der Waals surface area contributed by atoms with E-state index in [2.05, 4.69) is 15.5 Å². The lowest BCUT2D eigenvalue weighted by atomic mass is 10.2. The van der Waals surface area contributed by atoms with Crippen LogP contribution in [0.1, 0.15) is 12.5 Å². The number of amides is 1. The van der Waals surface area contributed by atoms with Crippen molar-refractivity contribution in [3.05, 3.63) is 35.6 Å². The summed E-state index contributed by atoms with van der Waals surface area (Å²) in [5, 5.41) is 10.4. The summed E-state index contributed by atoms with van der Waals surface area (Å²) < 4.78 is 13.2. The standard InChI is InChI=1S/C11H10FN3OS/c1-7-10(16)14-11(17-7)15-13-6-8-4-2-3-5-9(8)12/h2-7H,1H3,(H,14,15,16). The Kier molecular flexibility index (Phi) is 3.53. The van der Waals surface area contributed by atoms with Gasteiger partial charge in [-0.15, -0.1) is 5.10 Å². The van der Waals surface area contributed by atoms with Gasteiger partial charge < -0.3 is 5.32 Å². The van der Waals surface area contributed by atoms with Crippen molar-refractivity contribution in [1.82, 2.24) is 5.32 Å². The summed E-state index contributed by atoms with van der Waals surface area (Å²) in [6.07, 6.45) is 1.32. The van der Waals surface area contributed by atoms with E-state index in [1.54, 1.807) is 25.1 Å². The first-order chi connectivity index (χ1) is 8.16. The topological polar surface area (TPSA) is 53.8 Å². The first-order valence-corrected chi connectivity index (χ1v) is 5.88. The molecule has 1 N–H and O–H groups in total. The molecule has 1 aromatic rings. The fourth-order valence-electron chi connectivity index (χ4n) is 1.23. The number of nitrogens with one attached hydrogen (secondary N) is 1. The van der Waals surface area contributed by atoms with Crippen molar-refractivity contribution in [1.29, 1.82) is 0 Å². The SMILES string of the molecule is CC1S/C(=N\N=Cc2ccccc2F)NC1=O. The predicted molar refractivity (Wildman–Crippen MR) is 66.6 cm³/mol. The highest BCUT2D eigenvalue weighted by molar-refractivity contribution is 8.15. The van der Waals surface area contributed by atoms with Gasteiger partial charge in [-0.3, -0.25) is 4.79 Å². The molecular formula is C11H10FN3OS. The van der Waals surface area contributed by atoms with Gasteiger partial charge in [0.1, 0.15) is 5.82 Å². The van der Waals surface area contributed by atoms with Crippen molar-refractivity contribution >= 4 is 29.1 Å². The van der Waals surface area contributed by atoms with Crippen molar-refractivity contribution < 1.29 is 9.18 Å². The molecule has 0 aliphatic carbocycles. The monoisotopic (exact) mass is 251 g/mol. The van der Waals surface area contributed by atoms with Crippen LogP contribution in [0.3, 0.4) is 0 Å². The lowest BCUT2D eigenvalue weighted by molar-refractivity contribution is -0.118. The summed E-state index contributed by atoms with van der Waals surface area (Å²) in [6, 6.07) is 6.27. The summed E-state index contributed by atoms with van der Waals surface area (Å²) in [4.78, 5) is 11.1. The van der Waals surface area contributed by atoms with Gasteiger partial charge in [-0.05, 0) is 13.0 Å². The van der Waals surface area contributed by atoms with E-state index in [9.17, 15) is 9.18 Å². The first kappa shape index (κ1) is 11.8. The third kappa shape index (κ3) is 2.91. The van der Waals surface area contributed by atoms with E-state index >= 15 is 0 Å². The molecule has 0 radical (unpaired) electrons. The van der Waals surface area contributed by atoms with Gasteiger partial charge in [-0.25, -0.2) is 4.39 Å². The molecule has 0 aromatic heterocycles. The Bertz CT molecular complexity index is 501. The van der Waals surface area contributed by atoms with Crippen LogP contribution in [0.5, 0.6) is 0 Å². The van der Waals surface area contributed by atoms with E-state index < -0.39 is 0 Å². The average Bonchev–Trinajstić information content (AvgIpc) is 2.61. The van der Waals surface area contributed by atoms with E-state index in [-0.39, 0.29) is 17.0 Å². The maximum absolute atomic E-state index is 13.2. The average molecular weight is 251 g/mol. The van der Waals surface area contributed by atoms with Gasteiger partial charge in [-0.2, -0.15) is 5.10 Å². The summed E-state index contributed by atoms with van der Waals surface area (Å²) in [6.45, 7) is 1.78. The molecule has 0 spiro atoms. The second-order valence-electron chi connectivity index (χ2n) is 3.42. The minimum atomic E-state index is -0.354. The molecule has 0 saturated carbocycles. The van der Waals surface area contributed by atoms with Gasteiger partial charge in [0.05, 0.1) is 11.5 Å². The van der Waals surface area contributed by atoms with Crippen LogP contribution in [-0.4, -0.2) is 22.5 Å². The zero-order chi connectivity index (χ0) is 12.3. The van der Waals surface area contributed by atoms with Crippen molar-refractivity contribution in [3.63, 3.8) is 0 Å². The molecule has 1 atom stereocenters. The molecule has 17 heavy (non-hydrogen) atoms. The van der Waals surface area contributed by atoms with Gasteiger partial charge in [0.15, 0.2) is 5.17 Å². The molecule has 1 heterocycles. The van der Waals surface area contributed by atoms with Gasteiger partial charge >= 0.3 is 0 Å². The molecule has 88 valence electrons. The van der Waals surface area contributed by atoms with Crippen LogP contribution in [0.15, 0.2) is 34.5 Å². The fourth-order valence-corrected chi connectivity index (χ4v) is 1.98. The third-order valence-electron chi connectivity index (χ3n) is 2.14. The Hall–Kier alpha value is -1.69. The number of amidine groups is 1. The van der Waals surface area contributed by atoms with E-state index in [0.717, 1.165) is 0 Å². The Morgan fingerprint density at radius 1 is 1.47 bits per heavy atom. The zero-order valence-corrected chi connectivity index (χ0v) is 9.87. The molecule has 1 fully saturated rings. The molecule has 0 bridgehead atoms. The fraction of sp³-hybridized carbons (Fsp3) is 0.182. The van der Waals surface area contributed by atoms with Gasteiger partial charge in [0.25, 0.3) is 0 Å². The van der Waals surface area contributed by atoms with Gasteiger partial charge in [0, 0.05) is 5.56 Å². The van der Waals surface area contributed by atoms with Crippen molar-refractivity contribution in [3.8, 4) is 0 Å². The van der Waals surface area contributed by atoms with Crippen LogP contribution < -0.4 is 5.32 Å². The predicted octanol–water partition coefficient (Wildman–Crippen LogP) is 1.77. The molecule has 1 aromatic carbocycles. The smallest absolute Gasteiger partial charge is 0.239 e. The number of nitrogens with zero attached hydrogens (tertiary/aromatic N) is 2. The summed E-state index contributed by atoms with van der Waals surface area (Å²) in [5.74, 6) is -0.442. The first-order valence-electron chi connectivity index (χ1n) is 5.00. The Morgan fingerprint density at radius 2 is 2.24 bits per heavy atom. The van der Waals surface area contributed by atoms with Crippen LogP contribution in [-0.2, 0) is 4.79 Å². The lowest BCUT2D eigenvalue weighted by Crippen LogP contribution is -2.23. The Labute approximate surface area is 102 Å². The van der Waals surface area contributed by atoms with E-state index in [1.807, 2.05) is 0 Å². The second kappa shape index (κ2) is 5.09. The highest BCUT2D eigenvalue weighted by Crippen LogP contribution is 2.18. The van der Waals surface area contributed by atoms with Crippen molar-refractivity contribution in [2.45, 2.75) is 12.2 Å². The minimum Gasteiger partial charge on any atom is -0.303 e. The molecular weight excluding hydrogens is 241 g/mol. The van der Waals surface area contributed by atoms with E-state index in [0.29, 0.717) is 10.7 Å². The summed E-state index contributed by atoms with van der Waals surface area (Å²) >= 11 is 1.29. The van der Waals surface area contributed by atoms with Crippen LogP contribution in [0, 0.1) is 5.82 Å². The van der Waals surface area contributed by atoms with Crippen LogP contribution in [0.25, 0.3) is 0 Å². The number of halogens is 1. The number of thioether (sulfide) groups is 1. The molecule has 6 heteroatoms. The van der Waals surface area contributed by atoms with Crippen molar-refractivity contribution in [2.24, 2.45) is 10.2 Å². The van der Waals surface area contributed by atoms with Crippen LogP contribution >= 0.6 is 11.8 Å². The summed E-state index contributed by atoms with van der Waals surface area (Å²) in [7, 11) is 0. The number of rotatable bonds is 2. The number of carbonyl (C=O) groups is 1. The zero-order valence-electron chi connectivity index (χ0n) is 9.05. The molecule has 1 aliphatic rings. The largest absolute Gasteiger partial charge is 0.303 e. The van der Waals surface area contributed by atoms with Gasteiger partial charge in [-0.1, -0.05) is 30.0 Å². The van der Waals surface area contributed by atoms with Crippen molar-refractivity contribution in [2.75, 3.05) is 0 Å². The molecule has 4 nitrogen and oxygen atoms in total. The molecule has 1 aliphatic heterocycles. The molecule has 1 unspecified atom stereocenters. The Balaban J connectivity index is 2.06. The highest BCUT2D eigenvalue weighted by Gasteiger charge is 2.25. The number of hydrogen-bond donors (Lipinski definition) is 1. The minimum absolute atomic E-state index is 0.0881. The second-order valence-corrected chi connectivity index (χ2v) is 4.75. The number of benzene rings is 1. The van der Waals surface area contributed by atoms with E-state index in [1.165, 1.54) is 24.0 Å². The lowest BCUT2D eigenvalue weighted by Gasteiger charge is -1.93. The Morgan fingerprint density at radius 3 is 2.88 bits per heavy atom. The molecule has 1 amide bonds. The number of carbonyl (C=O) groups excluding carboxylic acids is 1. The van der Waals surface area contributed by atoms with Crippen LogP contribution in [0.4, 0.5) is 4.39 Å². The maximum Gasteiger partial charge on any atom is 0.239 e. The van der Waals surface area contributed by atoms with Crippen LogP contribution in [0.2, 0.25) is 0 Å². The van der Waals surface area contributed by atoms with Gasteiger partial charge in [0.2, 0.25) is 5.91 Å². The maximum atomic E-state index is 13.2. The molecule has 2 rings (SSSR count). The summed E-state index contributed by atoms with van der Waals surface area (Å²) in [5.41, 5.74) is 0.360. The normalized spacial score (nSPS) is 22.4. The number of hydrogen-bond acceptors (Lipinski definition) is 4. The third-order valence-corrected chi connectivity index (χ3v) is 3.11. The van der Waals surface area contributed by atoms with E-state index in [4.69, 9.17) is 0 Å². The quantitative estimate of drug-likeness (QED) is 0.643. The molecule has 1 saturated heterocycles. The highest BCUT2D eigenvalue weighted by atomic mass is 32.2.